The third-order valence-corrected chi connectivity index (χ3v) is 6.60. The lowest BCUT2D eigenvalue weighted by molar-refractivity contribution is 0.307. The van der Waals surface area contributed by atoms with Crippen molar-refractivity contribution in [1.82, 2.24) is 9.78 Å². The largest absolute Gasteiger partial charge is 0.488 e. The minimum atomic E-state index is -0.951. The molecule has 1 heterocycles. The molecule has 0 fully saturated rings. The molecular weight excluding hydrogens is 506 g/mol. The van der Waals surface area contributed by atoms with Crippen LogP contribution in [-0.4, -0.2) is 9.78 Å². The summed E-state index contributed by atoms with van der Waals surface area (Å²) in [6.07, 6.45) is 3.89. The Morgan fingerprint density at radius 3 is 2.20 bits per heavy atom. The molecule has 6 heteroatoms. The smallest absolute Gasteiger partial charge is 0.274 e. The molecule has 200 valence electrons. The molecule has 4 aromatic carbocycles. The van der Waals surface area contributed by atoms with E-state index < -0.39 is 11.6 Å². The van der Waals surface area contributed by atoms with Crippen LogP contribution in [0.15, 0.2) is 108 Å². The first-order valence-electron chi connectivity index (χ1n) is 13.0. The maximum Gasteiger partial charge on any atom is 0.274 e. The van der Waals surface area contributed by atoms with Crippen molar-refractivity contribution in [3.8, 4) is 16.9 Å². The van der Waals surface area contributed by atoms with Crippen molar-refractivity contribution in [2.24, 2.45) is 0 Å². The van der Waals surface area contributed by atoms with Gasteiger partial charge in [0.05, 0.1) is 11.3 Å². The zero-order valence-corrected chi connectivity index (χ0v) is 22.1. The first-order chi connectivity index (χ1) is 19.5. The lowest BCUT2D eigenvalue weighted by atomic mass is 9.97. The summed E-state index contributed by atoms with van der Waals surface area (Å²) in [5, 5.41) is 4.67. The van der Waals surface area contributed by atoms with Gasteiger partial charge in [0.15, 0.2) is 11.6 Å². The minimum absolute atomic E-state index is 0.284. The molecule has 0 radical (unpaired) electrons. The van der Waals surface area contributed by atoms with E-state index >= 15 is 0 Å². The van der Waals surface area contributed by atoms with Crippen molar-refractivity contribution in [2.75, 3.05) is 0 Å². The van der Waals surface area contributed by atoms with Crippen LogP contribution in [0.5, 0.6) is 5.75 Å². The van der Waals surface area contributed by atoms with Gasteiger partial charge in [0, 0.05) is 17.7 Å². The zero-order valence-electron chi connectivity index (χ0n) is 22.1. The summed E-state index contributed by atoms with van der Waals surface area (Å²) in [4.78, 5) is 13.8. The van der Waals surface area contributed by atoms with E-state index in [1.54, 1.807) is 12.2 Å². The Labute approximate surface area is 231 Å². The Morgan fingerprint density at radius 2 is 1.48 bits per heavy atom. The topological polar surface area (TPSA) is 44.1 Å². The fourth-order valence-corrected chi connectivity index (χ4v) is 4.57. The molecule has 0 unspecified atom stereocenters. The Hall–Kier alpha value is -4.84. The van der Waals surface area contributed by atoms with E-state index in [4.69, 9.17) is 4.74 Å². The van der Waals surface area contributed by atoms with Crippen LogP contribution in [0.3, 0.4) is 0 Å². The summed E-state index contributed by atoms with van der Waals surface area (Å²) in [5.41, 5.74) is 4.65. The number of hydrogen-bond acceptors (Lipinski definition) is 3. The maximum atomic E-state index is 13.9. The Kier molecular flexibility index (Phi) is 8.26. The summed E-state index contributed by atoms with van der Waals surface area (Å²) in [6, 6.07) is 30.9. The summed E-state index contributed by atoms with van der Waals surface area (Å²) in [7, 11) is 0. The van der Waals surface area contributed by atoms with Crippen LogP contribution in [0.4, 0.5) is 8.78 Å². The molecule has 0 saturated carbocycles. The lowest BCUT2D eigenvalue weighted by Crippen LogP contribution is -2.27. The summed E-state index contributed by atoms with van der Waals surface area (Å²) < 4.78 is 35.1. The van der Waals surface area contributed by atoms with Crippen molar-refractivity contribution in [3.05, 3.63) is 153 Å². The quantitative estimate of drug-likeness (QED) is 0.197. The van der Waals surface area contributed by atoms with E-state index in [0.29, 0.717) is 47.7 Å². The second-order valence-corrected chi connectivity index (χ2v) is 9.42. The van der Waals surface area contributed by atoms with Crippen molar-refractivity contribution in [2.45, 2.75) is 26.5 Å². The highest BCUT2D eigenvalue weighted by atomic mass is 19.2. The van der Waals surface area contributed by atoms with Gasteiger partial charge in [0.25, 0.3) is 5.56 Å². The molecule has 0 atom stereocenters. The van der Waals surface area contributed by atoms with Crippen LogP contribution < -0.4 is 10.3 Å². The number of ether oxygens (including phenoxy) is 1. The Morgan fingerprint density at radius 1 is 0.800 bits per heavy atom. The molecule has 0 spiro atoms. The lowest BCUT2D eigenvalue weighted by Gasteiger charge is -2.17. The van der Waals surface area contributed by atoms with Gasteiger partial charge in [0.2, 0.25) is 0 Å². The van der Waals surface area contributed by atoms with Crippen LogP contribution in [0.2, 0.25) is 0 Å². The number of aryl methyl sites for hydroxylation is 3. The van der Waals surface area contributed by atoms with Gasteiger partial charge in [-0.3, -0.25) is 4.79 Å². The van der Waals surface area contributed by atoms with Gasteiger partial charge >= 0.3 is 0 Å². The average Bonchev–Trinajstić information content (AvgIpc) is 2.98. The molecule has 0 amide bonds. The summed E-state index contributed by atoms with van der Waals surface area (Å²) >= 11 is 0. The maximum absolute atomic E-state index is 13.9. The van der Waals surface area contributed by atoms with E-state index in [-0.39, 0.29) is 5.56 Å². The van der Waals surface area contributed by atoms with Crippen LogP contribution >= 0.6 is 0 Å². The van der Waals surface area contributed by atoms with E-state index in [0.717, 1.165) is 28.8 Å². The fraction of sp³-hybridized carbons (Fsp3) is 0.118. The molecular formula is C34H28F2N2O2. The number of nitrogens with zero attached hydrogens (tertiary/aromatic N) is 2. The second kappa shape index (κ2) is 12.3. The number of aromatic nitrogens is 2. The predicted molar refractivity (Wildman–Crippen MR) is 155 cm³/mol. The predicted octanol–water partition coefficient (Wildman–Crippen LogP) is 7.49. The normalized spacial score (nSPS) is 11.2. The summed E-state index contributed by atoms with van der Waals surface area (Å²) in [6.45, 7) is 2.61. The fourth-order valence-electron chi connectivity index (χ4n) is 4.57. The minimum Gasteiger partial charge on any atom is -0.488 e. The van der Waals surface area contributed by atoms with Gasteiger partial charge in [-0.05, 0) is 54.3 Å². The number of halogens is 2. The van der Waals surface area contributed by atoms with Gasteiger partial charge in [0.1, 0.15) is 12.4 Å². The Balaban J connectivity index is 1.58. The summed E-state index contributed by atoms with van der Waals surface area (Å²) in [5.74, 6) is -1.27. The van der Waals surface area contributed by atoms with E-state index in [9.17, 15) is 13.6 Å². The third-order valence-electron chi connectivity index (χ3n) is 6.60. The average molecular weight is 535 g/mol. The molecule has 40 heavy (non-hydrogen) atoms. The Bertz CT molecular complexity index is 1700. The molecule has 4 nitrogen and oxygen atoms in total. The van der Waals surface area contributed by atoms with Crippen molar-refractivity contribution in [1.29, 1.82) is 0 Å². The van der Waals surface area contributed by atoms with E-state index in [1.165, 1.54) is 10.7 Å². The number of hydrogen-bond donors (Lipinski definition) is 0. The molecule has 0 bridgehead atoms. The molecule has 5 rings (SSSR count). The molecule has 0 saturated heterocycles. The zero-order chi connectivity index (χ0) is 27.9. The monoisotopic (exact) mass is 534 g/mol. The second-order valence-electron chi connectivity index (χ2n) is 9.42. The third kappa shape index (κ3) is 6.24. The highest BCUT2D eigenvalue weighted by Crippen LogP contribution is 2.34. The SMILES string of the molecule is Cc1nn(CCc2ccccc2)c(=O)c(C=Cc2ccc(F)c(F)c2)c1-c1ccccc1OCc1ccccc1. The molecule has 1 aromatic heterocycles. The van der Waals surface area contributed by atoms with E-state index in [2.05, 4.69) is 5.10 Å². The van der Waals surface area contributed by atoms with Crippen LogP contribution in [0.1, 0.15) is 27.9 Å². The molecule has 0 aliphatic heterocycles. The number of benzene rings is 4. The molecule has 0 N–H and O–H groups in total. The van der Waals surface area contributed by atoms with Gasteiger partial charge < -0.3 is 4.74 Å². The van der Waals surface area contributed by atoms with Crippen molar-refractivity contribution >= 4 is 12.2 Å². The number of para-hydroxylation sites is 1. The standard InChI is InChI=1S/C34H28F2N2O2/c1-24-33(28-14-8-9-15-32(28)40-23-27-12-6-3-7-13-27)29(18-16-26-17-19-30(35)31(36)22-26)34(39)38(37-24)21-20-25-10-4-2-5-11-25/h2-19,22H,20-21,23H2,1H3. The van der Waals surface area contributed by atoms with E-state index in [1.807, 2.05) is 91.9 Å². The molecule has 0 aliphatic rings. The van der Waals surface area contributed by atoms with Gasteiger partial charge in [-0.1, -0.05) is 91.0 Å². The van der Waals surface area contributed by atoms with Crippen LogP contribution in [-0.2, 0) is 19.6 Å². The van der Waals surface area contributed by atoms with Crippen molar-refractivity contribution in [3.63, 3.8) is 0 Å². The van der Waals surface area contributed by atoms with Gasteiger partial charge in [-0.15, -0.1) is 0 Å². The molecule has 5 aromatic rings. The first kappa shape index (κ1) is 26.8. The molecule has 0 aliphatic carbocycles. The highest BCUT2D eigenvalue weighted by molar-refractivity contribution is 5.84. The van der Waals surface area contributed by atoms with Crippen LogP contribution in [0, 0.1) is 18.6 Å². The van der Waals surface area contributed by atoms with Gasteiger partial charge in [-0.25, -0.2) is 13.5 Å². The number of rotatable bonds is 9. The van der Waals surface area contributed by atoms with Crippen molar-refractivity contribution < 1.29 is 13.5 Å². The first-order valence-corrected chi connectivity index (χ1v) is 13.0. The highest BCUT2D eigenvalue weighted by Gasteiger charge is 2.18. The van der Waals surface area contributed by atoms with Crippen LogP contribution in [0.25, 0.3) is 23.3 Å². The van der Waals surface area contributed by atoms with Gasteiger partial charge in [-0.2, -0.15) is 5.10 Å².